The number of rotatable bonds is 8. The Labute approximate surface area is 222 Å². The summed E-state index contributed by atoms with van der Waals surface area (Å²) >= 11 is 0. The van der Waals surface area contributed by atoms with Gasteiger partial charge in [0.2, 0.25) is 0 Å². The maximum Gasteiger partial charge on any atom is 0.310 e. The molecule has 38 heavy (non-hydrogen) atoms. The molecular weight excluding hydrogens is 510 g/mol. The van der Waals surface area contributed by atoms with Gasteiger partial charge in [-0.1, -0.05) is 0 Å². The quantitative estimate of drug-likeness (QED) is 0.206. The first kappa shape index (κ1) is 32.9. The van der Waals surface area contributed by atoms with E-state index < -0.39 is 42.0 Å². The molecule has 6 N–H and O–H groups in total. The number of carbonyl (C=O) groups excluding carboxylic acids is 2. The SMILES string of the molecule is CC1(CC(=O)CCCO)OCC2OCC(O)C2O1.COC(=O)CC1(C)OCC2OCC(O)C2O1.NCCO. The first-order valence-corrected chi connectivity index (χ1v) is 12.7. The Morgan fingerprint density at radius 2 is 1.34 bits per heavy atom. The van der Waals surface area contributed by atoms with Gasteiger partial charge in [0.15, 0.2) is 11.6 Å². The first-order chi connectivity index (χ1) is 18.0. The summed E-state index contributed by atoms with van der Waals surface area (Å²) in [5, 5.41) is 35.8. The summed E-state index contributed by atoms with van der Waals surface area (Å²) in [5.74, 6) is -2.46. The third-order valence-corrected chi connectivity index (χ3v) is 6.28. The summed E-state index contributed by atoms with van der Waals surface area (Å²) in [6, 6.07) is 0. The van der Waals surface area contributed by atoms with Crippen LogP contribution in [0.2, 0.25) is 0 Å². The smallest absolute Gasteiger partial charge is 0.310 e. The van der Waals surface area contributed by atoms with Crippen molar-refractivity contribution in [3.8, 4) is 0 Å². The van der Waals surface area contributed by atoms with Crippen molar-refractivity contribution in [1.82, 2.24) is 0 Å². The molecule has 0 spiro atoms. The van der Waals surface area contributed by atoms with Crippen LogP contribution < -0.4 is 5.73 Å². The molecule has 4 heterocycles. The van der Waals surface area contributed by atoms with Gasteiger partial charge in [-0.05, 0) is 20.3 Å². The van der Waals surface area contributed by atoms with Crippen molar-refractivity contribution in [2.24, 2.45) is 5.73 Å². The number of fused-ring (bicyclic) bond motifs is 2. The molecule has 4 rings (SSSR count). The van der Waals surface area contributed by atoms with Gasteiger partial charge in [-0.2, -0.15) is 0 Å². The van der Waals surface area contributed by atoms with E-state index in [9.17, 15) is 19.8 Å². The van der Waals surface area contributed by atoms with Crippen molar-refractivity contribution >= 4 is 11.8 Å². The second-order valence-electron chi connectivity index (χ2n) is 9.74. The molecule has 0 bridgehead atoms. The molecule has 222 valence electrons. The van der Waals surface area contributed by atoms with Crippen LogP contribution in [0.4, 0.5) is 0 Å². The number of carbonyl (C=O) groups is 2. The lowest BCUT2D eigenvalue weighted by atomic mass is 10.0. The third-order valence-electron chi connectivity index (χ3n) is 6.28. The number of ketones is 1. The van der Waals surface area contributed by atoms with Crippen molar-refractivity contribution in [3.05, 3.63) is 0 Å². The highest BCUT2D eigenvalue weighted by Crippen LogP contribution is 2.34. The van der Waals surface area contributed by atoms with Gasteiger partial charge >= 0.3 is 5.97 Å². The number of nitrogens with two attached hydrogens (primary N) is 1. The molecule has 4 fully saturated rings. The lowest BCUT2D eigenvalue weighted by molar-refractivity contribution is -0.309. The molecule has 0 radical (unpaired) electrons. The van der Waals surface area contributed by atoms with E-state index in [-0.39, 0.29) is 57.3 Å². The van der Waals surface area contributed by atoms with Gasteiger partial charge in [0.05, 0.1) is 53.0 Å². The van der Waals surface area contributed by atoms with E-state index in [2.05, 4.69) is 4.74 Å². The van der Waals surface area contributed by atoms with Gasteiger partial charge in [-0.15, -0.1) is 0 Å². The normalized spacial score (nSPS) is 37.6. The molecule has 14 nitrogen and oxygen atoms in total. The zero-order chi connectivity index (χ0) is 28.3. The van der Waals surface area contributed by atoms with E-state index >= 15 is 0 Å². The maximum absolute atomic E-state index is 11.7. The number of aliphatic hydroxyl groups excluding tert-OH is 4. The summed E-state index contributed by atoms with van der Waals surface area (Å²) in [6.07, 6.45) is -1.78. The van der Waals surface area contributed by atoms with E-state index in [1.165, 1.54) is 7.11 Å². The number of hydrogen-bond acceptors (Lipinski definition) is 14. The first-order valence-electron chi connectivity index (χ1n) is 12.7. The highest BCUT2D eigenvalue weighted by Gasteiger charge is 2.49. The van der Waals surface area contributed by atoms with E-state index in [1.54, 1.807) is 13.8 Å². The molecule has 0 amide bonds. The van der Waals surface area contributed by atoms with Crippen molar-refractivity contribution in [2.75, 3.05) is 53.3 Å². The maximum atomic E-state index is 11.7. The molecule has 4 aliphatic heterocycles. The molecule has 14 heteroatoms. The minimum atomic E-state index is -1.04. The van der Waals surface area contributed by atoms with Crippen LogP contribution in [0.25, 0.3) is 0 Å². The minimum Gasteiger partial charge on any atom is -0.469 e. The third kappa shape index (κ3) is 9.71. The predicted octanol–water partition coefficient (Wildman–Crippen LogP) is -2.01. The van der Waals surface area contributed by atoms with Crippen molar-refractivity contribution in [1.29, 1.82) is 0 Å². The van der Waals surface area contributed by atoms with Gasteiger partial charge < -0.3 is 59.3 Å². The molecule has 4 aliphatic rings. The van der Waals surface area contributed by atoms with Gasteiger partial charge in [0.25, 0.3) is 0 Å². The molecule has 0 aromatic rings. The Bertz CT molecular complexity index is 740. The van der Waals surface area contributed by atoms with E-state index in [4.69, 9.17) is 44.4 Å². The molecule has 8 atom stereocenters. The summed E-state index contributed by atoms with van der Waals surface area (Å²) in [5.41, 5.74) is 4.78. The monoisotopic (exact) mass is 553 g/mol. The number of ether oxygens (including phenoxy) is 7. The van der Waals surface area contributed by atoms with Crippen LogP contribution in [0, 0.1) is 0 Å². The number of esters is 1. The predicted molar refractivity (Wildman–Crippen MR) is 129 cm³/mol. The zero-order valence-corrected chi connectivity index (χ0v) is 22.3. The molecule has 0 aromatic carbocycles. The Kier molecular flexibility index (Phi) is 13.4. The number of methoxy groups -OCH3 is 1. The Morgan fingerprint density at radius 3 is 1.76 bits per heavy atom. The van der Waals surface area contributed by atoms with Crippen LogP contribution in [0.5, 0.6) is 0 Å². The number of Topliss-reactive ketones (excluding diaryl/α,β-unsaturated/α-hetero) is 1. The van der Waals surface area contributed by atoms with Gasteiger partial charge in [0.1, 0.15) is 42.4 Å². The minimum absolute atomic E-state index is 0.000556. The topological polar surface area (TPSA) is 206 Å². The number of aliphatic hydroxyl groups is 4. The average molecular weight is 554 g/mol. The van der Waals surface area contributed by atoms with E-state index in [1.807, 2.05) is 0 Å². The largest absolute Gasteiger partial charge is 0.469 e. The Morgan fingerprint density at radius 1 is 0.868 bits per heavy atom. The number of hydrogen-bond donors (Lipinski definition) is 5. The van der Waals surface area contributed by atoms with Crippen LogP contribution >= 0.6 is 0 Å². The van der Waals surface area contributed by atoms with Crippen LogP contribution in [0.3, 0.4) is 0 Å². The Balaban J connectivity index is 0.000000235. The lowest BCUT2D eigenvalue weighted by Crippen LogP contribution is -2.52. The zero-order valence-electron chi connectivity index (χ0n) is 22.3. The fourth-order valence-electron chi connectivity index (χ4n) is 4.32. The van der Waals surface area contributed by atoms with Gasteiger partial charge in [-0.3, -0.25) is 9.59 Å². The van der Waals surface area contributed by atoms with Crippen LogP contribution in [0.15, 0.2) is 0 Å². The van der Waals surface area contributed by atoms with Gasteiger partial charge in [-0.25, -0.2) is 0 Å². The summed E-state index contributed by atoms with van der Waals surface area (Å²) < 4.78 is 37.4. The van der Waals surface area contributed by atoms with Gasteiger partial charge in [0, 0.05) is 19.6 Å². The summed E-state index contributed by atoms with van der Waals surface area (Å²) in [7, 11) is 1.31. The standard InChI is InChI=1S/C12H20O6.C10H16O6.C2H7NO/c1-12(5-8(14)3-2-4-13)17-7-10-11(18-12)9(15)6-16-10;1-10(3-8(12)13-2)15-5-7-9(16-10)6(11)4-14-7;3-1-2-4/h9-11,13,15H,2-7H2,1H3;6-7,9,11H,3-5H2,1-2H3;4H,1-3H2. The van der Waals surface area contributed by atoms with Crippen molar-refractivity contribution in [2.45, 2.75) is 87.7 Å². The fraction of sp³-hybridized carbons (Fsp3) is 0.917. The average Bonchev–Trinajstić information content (AvgIpc) is 3.44. The molecular formula is C24H43NO13. The van der Waals surface area contributed by atoms with Crippen LogP contribution in [-0.4, -0.2) is 134 Å². The second-order valence-corrected chi connectivity index (χ2v) is 9.74. The van der Waals surface area contributed by atoms with Crippen molar-refractivity contribution < 1.29 is 63.2 Å². The molecule has 4 saturated heterocycles. The summed E-state index contributed by atoms with van der Waals surface area (Å²) in [4.78, 5) is 22.9. The molecule has 0 aliphatic carbocycles. The van der Waals surface area contributed by atoms with Crippen LogP contribution in [0.1, 0.15) is 39.5 Å². The van der Waals surface area contributed by atoms with Crippen LogP contribution in [-0.2, 0) is 42.7 Å². The highest BCUT2D eigenvalue weighted by atomic mass is 16.7. The Hall–Kier alpha value is -1.30. The van der Waals surface area contributed by atoms with E-state index in [0.717, 1.165) is 0 Å². The second kappa shape index (κ2) is 15.5. The molecule has 0 saturated carbocycles. The highest BCUT2D eigenvalue weighted by molar-refractivity contribution is 5.79. The lowest BCUT2D eigenvalue weighted by Gasteiger charge is -2.40. The van der Waals surface area contributed by atoms with E-state index in [0.29, 0.717) is 32.6 Å². The van der Waals surface area contributed by atoms with Crippen molar-refractivity contribution in [3.63, 3.8) is 0 Å². The summed E-state index contributed by atoms with van der Waals surface area (Å²) in [6.45, 7) is 4.96. The fourth-order valence-corrected chi connectivity index (χ4v) is 4.32. The molecule has 8 unspecified atom stereocenters. The molecule has 0 aromatic heterocycles.